The van der Waals surface area contributed by atoms with Crippen LogP contribution < -0.4 is 4.74 Å². The number of nitroso groups, excluding NO2 is 1. The zero-order valence-electron chi connectivity index (χ0n) is 7.49. The van der Waals surface area contributed by atoms with Gasteiger partial charge in [-0.15, -0.1) is 11.5 Å². The summed E-state index contributed by atoms with van der Waals surface area (Å²) in [6.45, 7) is 3.63. The third kappa shape index (κ3) is 2.15. The molecule has 13 heavy (non-hydrogen) atoms. The fourth-order valence-corrected chi connectivity index (χ4v) is 1.09. The lowest BCUT2D eigenvalue weighted by atomic mass is 10.1. The maximum atomic E-state index is 10.3. The number of hydrogen-bond acceptors (Lipinski definition) is 3. The smallest absolute Gasteiger partial charge is 0.149 e. The highest BCUT2D eigenvalue weighted by molar-refractivity contribution is 5.53. The molecule has 0 amide bonds. The van der Waals surface area contributed by atoms with Crippen molar-refractivity contribution in [3.63, 3.8) is 0 Å². The van der Waals surface area contributed by atoms with Crippen LogP contribution in [0.15, 0.2) is 36.0 Å². The predicted octanol–water partition coefficient (Wildman–Crippen LogP) is 2.82. The summed E-state index contributed by atoms with van der Waals surface area (Å²) in [6.07, 6.45) is 2.55. The lowest BCUT2D eigenvalue weighted by Gasteiger charge is -2.03. The molecular formula is C10H11NO2. The molecule has 0 heterocycles. The molecule has 3 nitrogen and oxygen atoms in total. The second-order valence-corrected chi connectivity index (χ2v) is 2.59. The molecular weight excluding hydrogens is 166 g/mol. The number of methoxy groups -OCH3 is 1. The Morgan fingerprint density at radius 2 is 2.38 bits per heavy atom. The van der Waals surface area contributed by atoms with Crippen LogP contribution in [0, 0.1) is 4.91 Å². The van der Waals surface area contributed by atoms with Gasteiger partial charge < -0.3 is 4.74 Å². The standard InChI is InChI=1S/C10H11NO2/c1-3-4-8-5-6-9(11-12)10(7-8)13-2/h3,5-7H,1,4H2,2H3. The van der Waals surface area contributed by atoms with Gasteiger partial charge in [-0.25, -0.2) is 0 Å². The monoisotopic (exact) mass is 177 g/mol. The van der Waals surface area contributed by atoms with Crippen molar-refractivity contribution in [3.05, 3.63) is 41.3 Å². The molecule has 0 saturated heterocycles. The summed E-state index contributed by atoms with van der Waals surface area (Å²) in [7, 11) is 1.52. The van der Waals surface area contributed by atoms with E-state index < -0.39 is 0 Å². The fraction of sp³-hybridized carbons (Fsp3) is 0.200. The summed E-state index contributed by atoms with van der Waals surface area (Å²) in [5, 5.41) is 2.84. The number of nitrogens with zero attached hydrogens (tertiary/aromatic N) is 1. The van der Waals surface area contributed by atoms with Crippen LogP contribution in [0.3, 0.4) is 0 Å². The van der Waals surface area contributed by atoms with Crippen LogP contribution in [-0.4, -0.2) is 7.11 Å². The van der Waals surface area contributed by atoms with E-state index in [4.69, 9.17) is 4.74 Å². The van der Waals surface area contributed by atoms with Gasteiger partial charge in [0.15, 0.2) is 0 Å². The van der Waals surface area contributed by atoms with E-state index in [2.05, 4.69) is 11.8 Å². The molecule has 68 valence electrons. The Hall–Kier alpha value is -1.64. The van der Waals surface area contributed by atoms with Crippen molar-refractivity contribution in [1.82, 2.24) is 0 Å². The summed E-state index contributed by atoms with van der Waals surface area (Å²) in [5.41, 5.74) is 1.38. The Balaban J connectivity index is 3.04. The van der Waals surface area contributed by atoms with E-state index in [0.717, 1.165) is 12.0 Å². The summed E-state index contributed by atoms with van der Waals surface area (Å²) in [6, 6.07) is 5.27. The van der Waals surface area contributed by atoms with Crippen LogP contribution >= 0.6 is 0 Å². The molecule has 0 aliphatic carbocycles. The minimum absolute atomic E-state index is 0.329. The largest absolute Gasteiger partial charge is 0.494 e. The molecule has 0 fully saturated rings. The molecule has 0 unspecified atom stereocenters. The van der Waals surface area contributed by atoms with Crippen molar-refractivity contribution in [2.24, 2.45) is 5.18 Å². The van der Waals surface area contributed by atoms with Gasteiger partial charge >= 0.3 is 0 Å². The number of allylic oxidation sites excluding steroid dienone is 1. The van der Waals surface area contributed by atoms with Crippen LogP contribution in [0.2, 0.25) is 0 Å². The van der Waals surface area contributed by atoms with Gasteiger partial charge in [0.2, 0.25) is 0 Å². The highest BCUT2D eigenvalue weighted by Gasteiger charge is 2.02. The molecule has 0 aliphatic heterocycles. The Labute approximate surface area is 77.0 Å². The highest BCUT2D eigenvalue weighted by atomic mass is 16.5. The molecule has 0 aliphatic rings. The third-order valence-corrected chi connectivity index (χ3v) is 1.72. The van der Waals surface area contributed by atoms with Crippen LogP contribution in [0.25, 0.3) is 0 Å². The van der Waals surface area contributed by atoms with Crippen molar-refractivity contribution in [3.8, 4) is 5.75 Å². The average Bonchev–Trinajstić information content (AvgIpc) is 2.18. The Morgan fingerprint density at radius 1 is 1.62 bits per heavy atom. The summed E-state index contributed by atoms with van der Waals surface area (Å²) >= 11 is 0. The van der Waals surface area contributed by atoms with E-state index in [-0.39, 0.29) is 0 Å². The zero-order valence-corrected chi connectivity index (χ0v) is 7.49. The van der Waals surface area contributed by atoms with Crippen molar-refractivity contribution in [2.45, 2.75) is 6.42 Å². The average molecular weight is 177 g/mol. The summed E-state index contributed by atoms with van der Waals surface area (Å²) in [5.74, 6) is 0.509. The van der Waals surface area contributed by atoms with E-state index in [0.29, 0.717) is 11.4 Å². The molecule has 0 N–H and O–H groups in total. The lowest BCUT2D eigenvalue weighted by molar-refractivity contribution is 0.415. The highest BCUT2D eigenvalue weighted by Crippen LogP contribution is 2.28. The van der Waals surface area contributed by atoms with Gasteiger partial charge in [-0.1, -0.05) is 12.1 Å². The van der Waals surface area contributed by atoms with Crippen molar-refractivity contribution >= 4 is 5.69 Å². The summed E-state index contributed by atoms with van der Waals surface area (Å²) < 4.78 is 5.00. The number of benzene rings is 1. The third-order valence-electron chi connectivity index (χ3n) is 1.72. The van der Waals surface area contributed by atoms with Gasteiger partial charge in [0.25, 0.3) is 0 Å². The first-order valence-corrected chi connectivity index (χ1v) is 3.93. The molecule has 0 radical (unpaired) electrons. The maximum absolute atomic E-state index is 10.3. The van der Waals surface area contributed by atoms with Gasteiger partial charge in [0, 0.05) is 0 Å². The topological polar surface area (TPSA) is 38.7 Å². The van der Waals surface area contributed by atoms with Crippen LogP contribution in [0.5, 0.6) is 5.75 Å². The second-order valence-electron chi connectivity index (χ2n) is 2.59. The fourth-order valence-electron chi connectivity index (χ4n) is 1.09. The van der Waals surface area contributed by atoms with Crippen molar-refractivity contribution in [2.75, 3.05) is 7.11 Å². The first-order chi connectivity index (χ1) is 6.31. The lowest BCUT2D eigenvalue weighted by Crippen LogP contribution is -1.86. The first kappa shape index (κ1) is 9.45. The Bertz CT molecular complexity index is 321. The molecule has 3 heteroatoms. The van der Waals surface area contributed by atoms with Crippen LogP contribution in [0.4, 0.5) is 5.69 Å². The van der Waals surface area contributed by atoms with Crippen molar-refractivity contribution < 1.29 is 4.74 Å². The van der Waals surface area contributed by atoms with E-state index in [1.54, 1.807) is 18.2 Å². The molecule has 0 bridgehead atoms. The van der Waals surface area contributed by atoms with Crippen molar-refractivity contribution in [1.29, 1.82) is 0 Å². The normalized spacial score (nSPS) is 9.31. The van der Waals surface area contributed by atoms with E-state index in [1.807, 2.05) is 6.07 Å². The number of ether oxygens (including phenoxy) is 1. The predicted molar refractivity (Wildman–Crippen MR) is 52.4 cm³/mol. The Morgan fingerprint density at radius 3 is 2.92 bits per heavy atom. The Kier molecular flexibility index (Phi) is 3.20. The van der Waals surface area contributed by atoms with E-state index >= 15 is 0 Å². The van der Waals surface area contributed by atoms with Crippen LogP contribution in [-0.2, 0) is 6.42 Å². The zero-order chi connectivity index (χ0) is 9.68. The van der Waals surface area contributed by atoms with E-state index in [9.17, 15) is 4.91 Å². The molecule has 1 rings (SSSR count). The van der Waals surface area contributed by atoms with E-state index in [1.165, 1.54) is 7.11 Å². The quantitative estimate of drug-likeness (QED) is 0.524. The van der Waals surface area contributed by atoms with Gasteiger partial charge in [-0.05, 0) is 29.3 Å². The summed E-state index contributed by atoms with van der Waals surface area (Å²) in [4.78, 5) is 10.3. The molecule has 0 saturated carbocycles. The molecule has 0 atom stereocenters. The molecule has 1 aromatic carbocycles. The molecule has 0 aromatic heterocycles. The molecule has 0 spiro atoms. The number of hydrogen-bond donors (Lipinski definition) is 0. The minimum Gasteiger partial charge on any atom is -0.494 e. The molecule has 1 aromatic rings. The van der Waals surface area contributed by atoms with Gasteiger partial charge in [-0.3, -0.25) is 0 Å². The second kappa shape index (κ2) is 4.40. The van der Waals surface area contributed by atoms with Crippen LogP contribution in [0.1, 0.15) is 5.56 Å². The minimum atomic E-state index is 0.329. The SMILES string of the molecule is C=CCc1ccc(N=O)c(OC)c1. The maximum Gasteiger partial charge on any atom is 0.149 e. The number of rotatable bonds is 4. The first-order valence-electron chi connectivity index (χ1n) is 3.93. The van der Waals surface area contributed by atoms with Gasteiger partial charge in [0.05, 0.1) is 7.11 Å². The van der Waals surface area contributed by atoms with Gasteiger partial charge in [0.1, 0.15) is 11.4 Å². The van der Waals surface area contributed by atoms with Gasteiger partial charge in [-0.2, -0.15) is 0 Å².